The lowest BCUT2D eigenvalue weighted by Crippen LogP contribution is -2.42. The van der Waals surface area contributed by atoms with E-state index in [1.807, 2.05) is 12.1 Å². The van der Waals surface area contributed by atoms with E-state index in [0.29, 0.717) is 28.8 Å². The predicted octanol–water partition coefficient (Wildman–Crippen LogP) is 2.73. The topological polar surface area (TPSA) is 133 Å². The van der Waals surface area contributed by atoms with Gasteiger partial charge in [-0.3, -0.25) is 9.78 Å². The lowest BCUT2D eigenvalue weighted by molar-refractivity contribution is -0.120. The Morgan fingerprint density at radius 3 is 2.59 bits per heavy atom. The van der Waals surface area contributed by atoms with Gasteiger partial charge in [-0.05, 0) is 49.9 Å². The molecule has 0 saturated heterocycles. The summed E-state index contributed by atoms with van der Waals surface area (Å²) in [6.07, 6.45) is 7.64. The number of thiazole rings is 1. The van der Waals surface area contributed by atoms with Crippen LogP contribution in [0.4, 0.5) is 10.2 Å². The molecule has 2 fully saturated rings. The van der Waals surface area contributed by atoms with Crippen molar-refractivity contribution in [1.29, 1.82) is 0 Å². The number of nitrogens with one attached hydrogen (secondary N) is 1. The number of carbonyl (C=O) groups is 1. The Hall–Kier alpha value is -2.98. The van der Waals surface area contributed by atoms with Crippen LogP contribution in [0.2, 0.25) is 0 Å². The van der Waals surface area contributed by atoms with Gasteiger partial charge in [0.25, 0.3) is 0 Å². The van der Waals surface area contributed by atoms with Crippen molar-refractivity contribution in [3.63, 3.8) is 0 Å². The molecule has 0 radical (unpaired) electrons. The van der Waals surface area contributed by atoms with Gasteiger partial charge < -0.3 is 16.8 Å². The smallest absolute Gasteiger partial charge is 0.227 e. The SMILES string of the molecule is NC(=O)C(c1cnc(-c2ccc(NCC3(c4ncccc4F)CCC3)nn2)s1)C1(N)CC1. The molecule has 5 rings (SSSR count). The number of amides is 1. The van der Waals surface area contributed by atoms with Crippen LogP contribution in [0.1, 0.15) is 48.6 Å². The van der Waals surface area contributed by atoms with E-state index in [2.05, 4.69) is 25.5 Å². The van der Waals surface area contributed by atoms with E-state index in [9.17, 15) is 9.18 Å². The minimum Gasteiger partial charge on any atom is -0.369 e. The first-order chi connectivity index (χ1) is 15.4. The summed E-state index contributed by atoms with van der Waals surface area (Å²) in [6, 6.07) is 6.71. The molecule has 2 saturated carbocycles. The van der Waals surface area contributed by atoms with Crippen molar-refractivity contribution in [2.24, 2.45) is 11.5 Å². The number of pyridine rings is 1. The van der Waals surface area contributed by atoms with Gasteiger partial charge in [-0.1, -0.05) is 6.42 Å². The Kier molecular flexibility index (Phi) is 5.13. The zero-order valence-corrected chi connectivity index (χ0v) is 18.2. The number of halogens is 1. The van der Waals surface area contributed by atoms with Crippen LogP contribution in [-0.4, -0.2) is 38.2 Å². The highest BCUT2D eigenvalue weighted by atomic mass is 32.1. The van der Waals surface area contributed by atoms with Crippen molar-refractivity contribution in [2.45, 2.75) is 49.0 Å². The molecule has 5 N–H and O–H groups in total. The molecule has 0 bridgehead atoms. The Bertz CT molecular complexity index is 1140. The largest absolute Gasteiger partial charge is 0.369 e. The molecule has 1 amide bonds. The molecule has 3 heterocycles. The fourth-order valence-corrected chi connectivity index (χ4v) is 5.47. The van der Waals surface area contributed by atoms with Gasteiger partial charge in [-0.2, -0.15) is 0 Å². The van der Waals surface area contributed by atoms with Crippen LogP contribution in [0.25, 0.3) is 10.7 Å². The summed E-state index contributed by atoms with van der Waals surface area (Å²) >= 11 is 1.36. The van der Waals surface area contributed by atoms with Gasteiger partial charge in [0, 0.05) is 34.8 Å². The third kappa shape index (κ3) is 3.73. The average molecular weight is 454 g/mol. The highest BCUT2D eigenvalue weighted by Gasteiger charge is 2.50. The first-order valence-electron chi connectivity index (χ1n) is 10.6. The molecule has 1 unspecified atom stereocenters. The van der Waals surface area contributed by atoms with Crippen molar-refractivity contribution >= 4 is 23.1 Å². The summed E-state index contributed by atoms with van der Waals surface area (Å²) in [6.45, 7) is 0.537. The van der Waals surface area contributed by atoms with Crippen LogP contribution in [0.5, 0.6) is 0 Å². The van der Waals surface area contributed by atoms with Crippen LogP contribution >= 0.6 is 11.3 Å². The molecule has 32 heavy (non-hydrogen) atoms. The van der Waals surface area contributed by atoms with Crippen molar-refractivity contribution < 1.29 is 9.18 Å². The summed E-state index contributed by atoms with van der Waals surface area (Å²) in [5.41, 5.74) is 12.1. The number of hydrogen-bond donors (Lipinski definition) is 3. The van der Waals surface area contributed by atoms with Crippen LogP contribution in [0.3, 0.4) is 0 Å². The van der Waals surface area contributed by atoms with E-state index >= 15 is 0 Å². The van der Waals surface area contributed by atoms with Crippen LogP contribution in [-0.2, 0) is 10.2 Å². The number of nitrogens with zero attached hydrogens (tertiary/aromatic N) is 4. The minimum absolute atomic E-state index is 0.269. The summed E-state index contributed by atoms with van der Waals surface area (Å²) in [5, 5.41) is 12.5. The monoisotopic (exact) mass is 453 g/mol. The Balaban J connectivity index is 1.29. The van der Waals surface area contributed by atoms with Gasteiger partial charge in [0.2, 0.25) is 5.91 Å². The molecule has 0 aromatic carbocycles. The van der Waals surface area contributed by atoms with Gasteiger partial charge in [0.05, 0.1) is 11.6 Å². The third-order valence-corrected chi connectivity index (χ3v) is 7.64. The summed E-state index contributed by atoms with van der Waals surface area (Å²) in [5.74, 6) is -0.634. The predicted molar refractivity (Wildman–Crippen MR) is 119 cm³/mol. The second-order valence-electron chi connectivity index (χ2n) is 8.76. The fourth-order valence-electron chi connectivity index (χ4n) is 4.36. The number of primary amides is 1. The minimum atomic E-state index is -0.556. The molecule has 3 aromatic rings. The standard InChI is InChI=1S/C22H24FN7OS/c23-13-3-1-10-26-18(13)21(6-2-7-21)12-28-16-5-4-14(29-30-16)20-27-11-15(32-20)17(19(24)31)22(25)8-9-22/h1,3-5,10-11,17H,2,6-9,12,25H2,(H2,24,31)(H,28,30). The molecule has 8 nitrogen and oxygen atoms in total. The van der Waals surface area contributed by atoms with Crippen LogP contribution in [0.15, 0.2) is 36.7 Å². The van der Waals surface area contributed by atoms with E-state index in [4.69, 9.17) is 11.5 Å². The number of hydrogen-bond acceptors (Lipinski definition) is 8. The van der Waals surface area contributed by atoms with E-state index in [-0.39, 0.29) is 11.2 Å². The molecule has 2 aliphatic rings. The molecule has 10 heteroatoms. The van der Waals surface area contributed by atoms with Crippen molar-refractivity contribution in [3.05, 3.63) is 53.0 Å². The summed E-state index contributed by atoms with van der Waals surface area (Å²) < 4.78 is 14.3. The maximum Gasteiger partial charge on any atom is 0.227 e. The second kappa shape index (κ2) is 7.86. The highest BCUT2D eigenvalue weighted by molar-refractivity contribution is 7.15. The van der Waals surface area contributed by atoms with Crippen LogP contribution < -0.4 is 16.8 Å². The van der Waals surface area contributed by atoms with E-state index < -0.39 is 17.4 Å². The summed E-state index contributed by atoms with van der Waals surface area (Å²) in [7, 11) is 0. The van der Waals surface area contributed by atoms with Gasteiger partial charge in [-0.25, -0.2) is 9.37 Å². The number of anilines is 1. The number of nitrogens with two attached hydrogens (primary N) is 2. The van der Waals surface area contributed by atoms with Gasteiger partial charge in [-0.15, -0.1) is 21.5 Å². The quantitative estimate of drug-likeness (QED) is 0.478. The number of rotatable bonds is 8. The lowest BCUT2D eigenvalue weighted by Gasteiger charge is -2.41. The molecular formula is C22H24FN7OS. The molecule has 2 aliphatic carbocycles. The third-order valence-electron chi connectivity index (χ3n) is 6.56. The van der Waals surface area contributed by atoms with Crippen molar-refractivity contribution in [2.75, 3.05) is 11.9 Å². The first-order valence-corrected chi connectivity index (χ1v) is 11.4. The van der Waals surface area contributed by atoms with Gasteiger partial charge in [0.15, 0.2) is 0 Å². The van der Waals surface area contributed by atoms with Gasteiger partial charge >= 0.3 is 0 Å². The molecule has 0 aliphatic heterocycles. The number of aromatic nitrogens is 4. The van der Waals surface area contributed by atoms with E-state index in [1.54, 1.807) is 18.5 Å². The van der Waals surface area contributed by atoms with E-state index in [0.717, 1.165) is 37.0 Å². The molecule has 0 spiro atoms. The Morgan fingerprint density at radius 1 is 1.19 bits per heavy atom. The molecular weight excluding hydrogens is 429 g/mol. The lowest BCUT2D eigenvalue weighted by atomic mass is 9.66. The maximum atomic E-state index is 14.3. The summed E-state index contributed by atoms with van der Waals surface area (Å²) in [4.78, 5) is 21.4. The first kappa shape index (κ1) is 20.9. The highest BCUT2D eigenvalue weighted by Crippen LogP contribution is 2.47. The molecule has 1 atom stereocenters. The maximum absolute atomic E-state index is 14.3. The van der Waals surface area contributed by atoms with E-state index in [1.165, 1.54) is 17.4 Å². The molecule has 3 aromatic heterocycles. The van der Waals surface area contributed by atoms with Crippen molar-refractivity contribution in [1.82, 2.24) is 20.2 Å². The zero-order valence-electron chi connectivity index (χ0n) is 17.4. The zero-order chi connectivity index (χ0) is 22.3. The second-order valence-corrected chi connectivity index (χ2v) is 9.82. The molecule has 166 valence electrons. The Morgan fingerprint density at radius 2 is 2.00 bits per heavy atom. The fraction of sp³-hybridized carbons (Fsp3) is 0.409. The van der Waals surface area contributed by atoms with Gasteiger partial charge in [0.1, 0.15) is 22.3 Å². The normalized spacial score (nSPS) is 19.1. The van der Waals surface area contributed by atoms with Crippen molar-refractivity contribution in [3.8, 4) is 10.7 Å². The number of carbonyl (C=O) groups excluding carboxylic acids is 1. The van der Waals surface area contributed by atoms with Crippen LogP contribution in [0, 0.1) is 5.82 Å². The average Bonchev–Trinajstić information content (AvgIpc) is 3.29. The Labute approximate surface area is 188 Å².